The lowest BCUT2D eigenvalue weighted by molar-refractivity contribution is -0.0327. The minimum absolute atomic E-state index is 0.523. The molecule has 5 rings (SSSR count). The van der Waals surface area contributed by atoms with Crippen LogP contribution in [0.5, 0.6) is 0 Å². The Morgan fingerprint density at radius 3 is 2.18 bits per heavy atom. The smallest absolute Gasteiger partial charge is 0.140 e. The summed E-state index contributed by atoms with van der Waals surface area (Å²) < 4.78 is 2.02. The van der Waals surface area contributed by atoms with Gasteiger partial charge in [-0.2, -0.15) is 5.10 Å². The van der Waals surface area contributed by atoms with Crippen LogP contribution < -0.4 is 5.73 Å². The van der Waals surface area contributed by atoms with Crippen LogP contribution in [0.1, 0.15) is 38.1 Å². The number of rotatable bonds is 1. The Balaban J connectivity index is 1.73. The molecule has 0 aromatic carbocycles. The van der Waals surface area contributed by atoms with E-state index < -0.39 is 0 Å². The standard InChI is InChI=1S/C13H18ClN3/c14-11-6-16-17(13(11)15)12-9-2-7-1-8(4-9)5-10(12)3-7/h6-10,12H,1-5,15H2. The summed E-state index contributed by atoms with van der Waals surface area (Å²) in [6, 6.07) is 0.523. The monoisotopic (exact) mass is 251 g/mol. The average molecular weight is 252 g/mol. The van der Waals surface area contributed by atoms with Crippen molar-refractivity contribution in [3.05, 3.63) is 11.2 Å². The highest BCUT2D eigenvalue weighted by molar-refractivity contribution is 6.32. The molecule has 4 aliphatic rings. The van der Waals surface area contributed by atoms with E-state index in [-0.39, 0.29) is 0 Å². The Morgan fingerprint density at radius 2 is 1.71 bits per heavy atom. The maximum atomic E-state index is 6.05. The number of aromatic nitrogens is 2. The van der Waals surface area contributed by atoms with Gasteiger partial charge in [-0.25, -0.2) is 4.68 Å². The number of hydrogen-bond donors (Lipinski definition) is 1. The number of hydrogen-bond acceptors (Lipinski definition) is 2. The van der Waals surface area contributed by atoms with E-state index in [0.29, 0.717) is 16.9 Å². The number of halogens is 1. The summed E-state index contributed by atoms with van der Waals surface area (Å²) in [6.45, 7) is 0. The first-order chi connectivity index (χ1) is 8.22. The van der Waals surface area contributed by atoms with E-state index in [1.807, 2.05) is 4.68 Å². The minimum Gasteiger partial charge on any atom is -0.383 e. The van der Waals surface area contributed by atoms with Crippen LogP contribution in [0.15, 0.2) is 6.20 Å². The zero-order valence-corrected chi connectivity index (χ0v) is 10.6. The van der Waals surface area contributed by atoms with Gasteiger partial charge in [-0.05, 0) is 55.8 Å². The van der Waals surface area contributed by atoms with E-state index in [9.17, 15) is 0 Å². The Morgan fingerprint density at radius 1 is 1.12 bits per heavy atom. The fourth-order valence-electron chi connectivity index (χ4n) is 4.88. The van der Waals surface area contributed by atoms with Crippen LogP contribution in [-0.2, 0) is 0 Å². The minimum atomic E-state index is 0.523. The number of nitrogens with zero attached hydrogens (tertiary/aromatic N) is 2. The molecule has 0 unspecified atom stereocenters. The van der Waals surface area contributed by atoms with Gasteiger partial charge in [0.15, 0.2) is 0 Å². The van der Waals surface area contributed by atoms with Gasteiger partial charge < -0.3 is 5.73 Å². The summed E-state index contributed by atoms with van der Waals surface area (Å²) in [5.74, 6) is 4.24. The fraction of sp³-hybridized carbons (Fsp3) is 0.769. The quantitative estimate of drug-likeness (QED) is 0.834. The molecule has 1 aromatic rings. The summed E-state index contributed by atoms with van der Waals surface area (Å²) in [7, 11) is 0. The molecule has 4 aliphatic carbocycles. The molecule has 0 aliphatic heterocycles. The van der Waals surface area contributed by atoms with Gasteiger partial charge in [0.25, 0.3) is 0 Å². The van der Waals surface area contributed by atoms with E-state index >= 15 is 0 Å². The Labute approximate surface area is 106 Å². The highest BCUT2D eigenvalue weighted by atomic mass is 35.5. The molecule has 0 radical (unpaired) electrons. The van der Waals surface area contributed by atoms with Gasteiger partial charge >= 0.3 is 0 Å². The molecule has 4 fully saturated rings. The molecular weight excluding hydrogens is 234 g/mol. The zero-order chi connectivity index (χ0) is 11.6. The summed E-state index contributed by atoms with van der Waals surface area (Å²) in [4.78, 5) is 0. The molecule has 3 nitrogen and oxygen atoms in total. The van der Waals surface area contributed by atoms with E-state index in [2.05, 4.69) is 5.10 Å². The second kappa shape index (κ2) is 3.41. The van der Waals surface area contributed by atoms with E-state index in [4.69, 9.17) is 17.3 Å². The molecule has 2 N–H and O–H groups in total. The largest absolute Gasteiger partial charge is 0.383 e. The Hall–Kier alpha value is -0.700. The van der Waals surface area contributed by atoms with Crippen LogP contribution in [0, 0.1) is 23.7 Å². The molecule has 0 atom stereocenters. The Bertz CT molecular complexity index is 426. The van der Waals surface area contributed by atoms with Crippen LogP contribution in [0.3, 0.4) is 0 Å². The molecule has 92 valence electrons. The van der Waals surface area contributed by atoms with Gasteiger partial charge in [0.05, 0.1) is 12.2 Å². The molecule has 1 heterocycles. The van der Waals surface area contributed by atoms with Crippen molar-refractivity contribution in [1.82, 2.24) is 9.78 Å². The summed E-state index contributed by atoms with van der Waals surface area (Å²) in [5, 5.41) is 5.03. The average Bonchev–Trinajstić information content (AvgIpc) is 2.60. The molecule has 4 bridgehead atoms. The predicted octanol–water partition coefficient (Wildman–Crippen LogP) is 3.12. The van der Waals surface area contributed by atoms with Gasteiger partial charge in [0, 0.05) is 0 Å². The highest BCUT2D eigenvalue weighted by Gasteiger charge is 2.49. The van der Waals surface area contributed by atoms with E-state index in [1.54, 1.807) is 6.20 Å². The van der Waals surface area contributed by atoms with Crippen LogP contribution in [-0.4, -0.2) is 9.78 Å². The van der Waals surface area contributed by atoms with Crippen molar-refractivity contribution < 1.29 is 0 Å². The van der Waals surface area contributed by atoms with Gasteiger partial charge in [0.2, 0.25) is 0 Å². The number of anilines is 1. The van der Waals surface area contributed by atoms with E-state index in [1.165, 1.54) is 32.1 Å². The van der Waals surface area contributed by atoms with Crippen molar-refractivity contribution in [1.29, 1.82) is 0 Å². The normalized spacial score (nSPS) is 43.2. The second-order valence-electron chi connectivity index (χ2n) is 6.24. The molecule has 17 heavy (non-hydrogen) atoms. The number of nitrogen functional groups attached to an aromatic ring is 1. The summed E-state index contributed by atoms with van der Waals surface area (Å²) >= 11 is 6.03. The second-order valence-corrected chi connectivity index (χ2v) is 6.65. The molecule has 4 heteroatoms. The van der Waals surface area contributed by atoms with Crippen LogP contribution in [0.4, 0.5) is 5.82 Å². The molecule has 0 spiro atoms. The van der Waals surface area contributed by atoms with Gasteiger partial charge in [-0.1, -0.05) is 11.6 Å². The van der Waals surface area contributed by atoms with Crippen LogP contribution >= 0.6 is 11.6 Å². The van der Waals surface area contributed by atoms with Crippen molar-refractivity contribution in [2.75, 3.05) is 5.73 Å². The van der Waals surface area contributed by atoms with Crippen molar-refractivity contribution in [2.24, 2.45) is 23.7 Å². The first-order valence-electron chi connectivity index (χ1n) is 6.71. The molecular formula is C13H18ClN3. The van der Waals surface area contributed by atoms with Crippen molar-refractivity contribution >= 4 is 17.4 Å². The molecule has 4 saturated carbocycles. The van der Waals surface area contributed by atoms with E-state index in [0.717, 1.165) is 23.7 Å². The zero-order valence-electron chi connectivity index (χ0n) is 9.85. The molecule has 0 amide bonds. The Kier molecular flexibility index (Phi) is 2.05. The summed E-state index contributed by atoms with van der Waals surface area (Å²) in [5.41, 5.74) is 6.05. The molecule has 1 aromatic heterocycles. The maximum Gasteiger partial charge on any atom is 0.140 e. The van der Waals surface area contributed by atoms with Gasteiger partial charge in [-0.15, -0.1) is 0 Å². The third-order valence-corrected chi connectivity index (χ3v) is 5.54. The maximum absolute atomic E-state index is 6.05. The summed E-state index contributed by atoms with van der Waals surface area (Å²) in [6.07, 6.45) is 8.71. The van der Waals surface area contributed by atoms with Crippen LogP contribution in [0.2, 0.25) is 5.02 Å². The predicted molar refractivity (Wildman–Crippen MR) is 67.7 cm³/mol. The first-order valence-corrected chi connectivity index (χ1v) is 7.08. The van der Waals surface area contributed by atoms with Gasteiger partial charge in [0.1, 0.15) is 10.8 Å². The lowest BCUT2D eigenvalue weighted by Crippen LogP contribution is -2.46. The van der Waals surface area contributed by atoms with Gasteiger partial charge in [-0.3, -0.25) is 0 Å². The number of nitrogens with two attached hydrogens (primary N) is 1. The lowest BCUT2D eigenvalue weighted by atomic mass is 9.54. The van der Waals surface area contributed by atoms with Crippen molar-refractivity contribution in [3.8, 4) is 0 Å². The topological polar surface area (TPSA) is 43.8 Å². The first kappa shape index (κ1) is 10.2. The highest BCUT2D eigenvalue weighted by Crippen LogP contribution is 2.58. The molecule has 0 saturated heterocycles. The SMILES string of the molecule is Nc1c(Cl)cnn1C1C2CC3CC(C2)CC1C3. The van der Waals surface area contributed by atoms with Crippen molar-refractivity contribution in [2.45, 2.75) is 38.1 Å². The fourth-order valence-corrected chi connectivity index (χ4v) is 5.01. The third kappa shape index (κ3) is 1.38. The van der Waals surface area contributed by atoms with Crippen molar-refractivity contribution in [3.63, 3.8) is 0 Å². The lowest BCUT2D eigenvalue weighted by Gasteiger charge is -2.54. The third-order valence-electron chi connectivity index (χ3n) is 5.25. The van der Waals surface area contributed by atoms with Crippen LogP contribution in [0.25, 0.3) is 0 Å².